The lowest BCUT2D eigenvalue weighted by Gasteiger charge is -2.16. The monoisotopic (exact) mass is 442 g/mol. The van der Waals surface area contributed by atoms with Crippen LogP contribution in [0.1, 0.15) is 73.1 Å². The van der Waals surface area contributed by atoms with Crippen molar-refractivity contribution < 1.29 is 28.5 Å². The van der Waals surface area contributed by atoms with Crippen molar-refractivity contribution >= 4 is 11.9 Å². The third kappa shape index (κ3) is 7.01. The number of ether oxygens (including phenoxy) is 4. The molecule has 0 N–H and O–H groups in total. The number of carbonyl (C=O) groups excluding carboxylic acids is 2. The molecule has 0 heterocycles. The lowest BCUT2D eigenvalue weighted by atomic mass is 9.94. The summed E-state index contributed by atoms with van der Waals surface area (Å²) in [6, 6.07) is 10.3. The molecule has 6 heteroatoms. The molecule has 0 amide bonds. The van der Waals surface area contributed by atoms with Crippen molar-refractivity contribution in [2.45, 2.75) is 52.4 Å². The van der Waals surface area contributed by atoms with Gasteiger partial charge in [-0.05, 0) is 49.2 Å². The van der Waals surface area contributed by atoms with Crippen molar-refractivity contribution in [2.24, 2.45) is 0 Å². The summed E-state index contributed by atoms with van der Waals surface area (Å²) in [5, 5.41) is 0. The van der Waals surface area contributed by atoms with Crippen LogP contribution in [0.25, 0.3) is 11.1 Å². The molecule has 0 aliphatic carbocycles. The van der Waals surface area contributed by atoms with Gasteiger partial charge in [0.25, 0.3) is 0 Å². The Bertz CT molecular complexity index is 816. The maximum absolute atomic E-state index is 12.5. The third-order valence-corrected chi connectivity index (χ3v) is 5.12. The van der Waals surface area contributed by atoms with Gasteiger partial charge < -0.3 is 18.9 Å². The number of unbranched alkanes of at least 4 members (excludes halogenated alkanes) is 4. The molecule has 0 saturated heterocycles. The second-order valence-corrected chi connectivity index (χ2v) is 7.51. The average molecular weight is 443 g/mol. The fraction of sp³-hybridized carbons (Fsp3) is 0.462. The maximum atomic E-state index is 12.5. The van der Waals surface area contributed by atoms with Crippen molar-refractivity contribution in [3.05, 3.63) is 47.5 Å². The van der Waals surface area contributed by atoms with Crippen LogP contribution >= 0.6 is 0 Å². The van der Waals surface area contributed by atoms with Gasteiger partial charge in [-0.25, -0.2) is 9.59 Å². The van der Waals surface area contributed by atoms with E-state index in [2.05, 4.69) is 13.8 Å². The van der Waals surface area contributed by atoms with Gasteiger partial charge in [-0.1, -0.05) is 39.5 Å². The van der Waals surface area contributed by atoms with Crippen molar-refractivity contribution in [2.75, 3.05) is 27.4 Å². The van der Waals surface area contributed by atoms with Crippen LogP contribution in [0, 0.1) is 0 Å². The Labute approximate surface area is 190 Å². The first kappa shape index (κ1) is 25.2. The Hall–Kier alpha value is -3.02. The van der Waals surface area contributed by atoms with Gasteiger partial charge in [0, 0.05) is 11.1 Å². The third-order valence-electron chi connectivity index (χ3n) is 5.12. The molecule has 174 valence electrons. The predicted molar refractivity (Wildman–Crippen MR) is 125 cm³/mol. The van der Waals surface area contributed by atoms with E-state index >= 15 is 0 Å². The zero-order valence-electron chi connectivity index (χ0n) is 19.6. The molecule has 0 radical (unpaired) electrons. The van der Waals surface area contributed by atoms with Gasteiger partial charge in [-0.3, -0.25) is 0 Å². The second kappa shape index (κ2) is 13.4. The lowest BCUT2D eigenvalue weighted by Crippen LogP contribution is -2.09. The van der Waals surface area contributed by atoms with Crippen LogP contribution in [0.2, 0.25) is 0 Å². The van der Waals surface area contributed by atoms with Crippen LogP contribution in [-0.2, 0) is 9.47 Å². The minimum Gasteiger partial charge on any atom is -0.494 e. The average Bonchev–Trinajstić information content (AvgIpc) is 2.83. The van der Waals surface area contributed by atoms with Crippen LogP contribution in [-0.4, -0.2) is 39.4 Å². The Balaban J connectivity index is 2.49. The van der Waals surface area contributed by atoms with Crippen LogP contribution in [0.15, 0.2) is 36.4 Å². The Morgan fingerprint density at radius 1 is 0.656 bits per heavy atom. The molecule has 0 aliphatic heterocycles. The number of hydrogen-bond donors (Lipinski definition) is 0. The fourth-order valence-corrected chi connectivity index (χ4v) is 3.33. The van der Waals surface area contributed by atoms with Gasteiger partial charge in [-0.2, -0.15) is 0 Å². The van der Waals surface area contributed by atoms with Gasteiger partial charge in [0.1, 0.15) is 11.5 Å². The van der Waals surface area contributed by atoms with E-state index in [4.69, 9.17) is 18.9 Å². The van der Waals surface area contributed by atoms with E-state index in [1.165, 1.54) is 14.2 Å². The van der Waals surface area contributed by atoms with Crippen LogP contribution in [0.4, 0.5) is 0 Å². The lowest BCUT2D eigenvalue weighted by molar-refractivity contribution is 0.0590. The molecule has 0 aromatic heterocycles. The van der Waals surface area contributed by atoms with E-state index in [1.54, 1.807) is 36.4 Å². The van der Waals surface area contributed by atoms with Gasteiger partial charge >= 0.3 is 11.9 Å². The SMILES string of the molecule is CCCCCOc1ccc(C(=O)OC)c(-c2cc(OCCCCC)ccc2C(=O)OC)c1. The molecule has 0 aliphatic rings. The number of rotatable bonds is 13. The van der Waals surface area contributed by atoms with E-state index in [-0.39, 0.29) is 0 Å². The summed E-state index contributed by atoms with van der Waals surface area (Å²) in [5.41, 5.74) is 1.73. The minimum atomic E-state index is -0.498. The quantitative estimate of drug-likeness (QED) is 0.277. The smallest absolute Gasteiger partial charge is 0.338 e. The molecule has 32 heavy (non-hydrogen) atoms. The summed E-state index contributed by atoms with van der Waals surface area (Å²) in [6.45, 7) is 5.43. The van der Waals surface area contributed by atoms with E-state index in [1.807, 2.05) is 0 Å². The van der Waals surface area contributed by atoms with Gasteiger partial charge in [0.15, 0.2) is 0 Å². The summed E-state index contributed by atoms with van der Waals surface area (Å²) in [5.74, 6) is 0.243. The minimum absolute atomic E-state index is 0.335. The topological polar surface area (TPSA) is 71.1 Å². The van der Waals surface area contributed by atoms with E-state index in [9.17, 15) is 9.59 Å². The van der Waals surface area contributed by atoms with Gasteiger partial charge in [0.2, 0.25) is 0 Å². The standard InChI is InChI=1S/C26H34O6/c1-5-7-9-15-31-19-11-13-21(25(27)29-3)23(17-19)24-18-20(32-16-10-8-6-2)12-14-22(24)26(28)30-4/h11-14,17-18H,5-10,15-16H2,1-4H3. The highest BCUT2D eigenvalue weighted by atomic mass is 16.5. The number of benzene rings is 2. The number of hydrogen-bond acceptors (Lipinski definition) is 6. The van der Waals surface area contributed by atoms with Crippen molar-refractivity contribution in [1.82, 2.24) is 0 Å². The fourth-order valence-electron chi connectivity index (χ4n) is 3.33. The molecular weight excluding hydrogens is 408 g/mol. The van der Waals surface area contributed by atoms with Crippen LogP contribution < -0.4 is 9.47 Å². The molecule has 2 aromatic rings. The van der Waals surface area contributed by atoms with Gasteiger partial charge in [0.05, 0.1) is 38.6 Å². The zero-order chi connectivity index (χ0) is 23.3. The first-order valence-electron chi connectivity index (χ1n) is 11.3. The highest BCUT2D eigenvalue weighted by Gasteiger charge is 2.21. The molecule has 0 saturated carbocycles. The van der Waals surface area contributed by atoms with E-state index in [0.29, 0.717) is 47.0 Å². The number of esters is 2. The van der Waals surface area contributed by atoms with Crippen molar-refractivity contribution in [1.29, 1.82) is 0 Å². The Morgan fingerprint density at radius 3 is 1.41 bits per heavy atom. The number of carbonyl (C=O) groups is 2. The number of methoxy groups -OCH3 is 2. The maximum Gasteiger partial charge on any atom is 0.338 e. The molecular formula is C26H34O6. The first-order valence-corrected chi connectivity index (χ1v) is 11.3. The predicted octanol–water partition coefficient (Wildman–Crippen LogP) is 6.06. The first-order chi connectivity index (χ1) is 15.5. The summed E-state index contributed by atoms with van der Waals surface area (Å²) >= 11 is 0. The molecule has 2 rings (SSSR count). The summed E-state index contributed by atoms with van der Waals surface area (Å²) in [4.78, 5) is 25.0. The van der Waals surface area contributed by atoms with Crippen LogP contribution in [0.3, 0.4) is 0 Å². The van der Waals surface area contributed by atoms with Crippen molar-refractivity contribution in [3.8, 4) is 22.6 Å². The molecule has 2 aromatic carbocycles. The summed E-state index contributed by atoms with van der Waals surface area (Å²) in [7, 11) is 2.66. The van der Waals surface area contributed by atoms with E-state index in [0.717, 1.165) is 38.5 Å². The molecule has 0 bridgehead atoms. The molecule has 6 nitrogen and oxygen atoms in total. The Morgan fingerprint density at radius 2 is 1.06 bits per heavy atom. The van der Waals surface area contributed by atoms with Crippen molar-refractivity contribution in [3.63, 3.8) is 0 Å². The molecule has 0 spiro atoms. The normalized spacial score (nSPS) is 10.5. The molecule has 0 unspecified atom stereocenters. The Kier molecular flexibility index (Phi) is 10.6. The van der Waals surface area contributed by atoms with Crippen LogP contribution in [0.5, 0.6) is 11.5 Å². The summed E-state index contributed by atoms with van der Waals surface area (Å²) in [6.07, 6.45) is 6.25. The highest BCUT2D eigenvalue weighted by Crippen LogP contribution is 2.34. The van der Waals surface area contributed by atoms with Gasteiger partial charge in [-0.15, -0.1) is 0 Å². The largest absolute Gasteiger partial charge is 0.494 e. The van der Waals surface area contributed by atoms with E-state index < -0.39 is 11.9 Å². The zero-order valence-corrected chi connectivity index (χ0v) is 19.6. The highest BCUT2D eigenvalue weighted by molar-refractivity contribution is 6.03. The molecule has 0 atom stereocenters. The summed E-state index contributed by atoms with van der Waals surface area (Å²) < 4.78 is 21.7. The second-order valence-electron chi connectivity index (χ2n) is 7.51. The molecule has 0 fully saturated rings.